The maximum Gasteiger partial charge on any atom is 0.223 e. The lowest BCUT2D eigenvalue weighted by molar-refractivity contribution is 0.145. The number of aliphatic hydroxyl groups excluding tert-OH is 1. The second-order valence-corrected chi connectivity index (χ2v) is 10.00. The fraction of sp³-hybridized carbons (Fsp3) is 0.632. The van der Waals surface area contributed by atoms with Gasteiger partial charge in [-0.2, -0.15) is 0 Å². The number of pyridine rings is 1. The lowest BCUT2D eigenvalue weighted by Crippen LogP contribution is -2.42. The molecule has 0 spiro atoms. The van der Waals surface area contributed by atoms with E-state index in [0.29, 0.717) is 19.0 Å². The minimum absolute atomic E-state index is 0.137. The summed E-state index contributed by atoms with van der Waals surface area (Å²) in [6, 6.07) is 2.11. The number of nitrogens with zero attached hydrogens (tertiary/aromatic N) is 5. The first-order valence-electron chi connectivity index (χ1n) is 10.1. The molecule has 9 nitrogen and oxygen atoms in total. The summed E-state index contributed by atoms with van der Waals surface area (Å²) in [5.74, 6) is 1.38. The molecule has 2 N–H and O–H groups in total. The van der Waals surface area contributed by atoms with Gasteiger partial charge < -0.3 is 15.3 Å². The Morgan fingerprint density at radius 3 is 2.45 bits per heavy atom. The quantitative estimate of drug-likeness (QED) is 0.757. The molecule has 2 saturated heterocycles. The van der Waals surface area contributed by atoms with Gasteiger partial charge in [-0.25, -0.2) is 27.7 Å². The van der Waals surface area contributed by atoms with Crippen molar-refractivity contribution in [3.8, 4) is 0 Å². The SMILES string of the molecule is Cc1cc2cnc(NC3CCN(S(C)(=O)=O)CC3)nc2c(N2CCC(O)CC2)n1. The number of hydrogen-bond acceptors (Lipinski definition) is 8. The van der Waals surface area contributed by atoms with E-state index in [1.54, 1.807) is 0 Å². The fourth-order valence-electron chi connectivity index (χ4n) is 4.04. The number of anilines is 2. The summed E-state index contributed by atoms with van der Waals surface area (Å²) in [6.45, 7) is 4.48. The van der Waals surface area contributed by atoms with Crippen LogP contribution < -0.4 is 10.2 Å². The summed E-state index contributed by atoms with van der Waals surface area (Å²) < 4.78 is 24.9. The van der Waals surface area contributed by atoms with E-state index in [9.17, 15) is 13.5 Å². The molecule has 0 amide bonds. The summed E-state index contributed by atoms with van der Waals surface area (Å²) in [4.78, 5) is 16.1. The third-order valence-electron chi connectivity index (χ3n) is 5.70. The van der Waals surface area contributed by atoms with E-state index in [-0.39, 0.29) is 12.1 Å². The fourth-order valence-corrected chi connectivity index (χ4v) is 4.91. The Labute approximate surface area is 171 Å². The minimum atomic E-state index is -3.13. The largest absolute Gasteiger partial charge is 0.393 e. The van der Waals surface area contributed by atoms with Crippen molar-refractivity contribution in [1.82, 2.24) is 19.3 Å². The zero-order valence-electron chi connectivity index (χ0n) is 16.9. The van der Waals surface area contributed by atoms with Crippen molar-refractivity contribution < 1.29 is 13.5 Å². The average Bonchev–Trinajstić information content (AvgIpc) is 2.68. The smallest absolute Gasteiger partial charge is 0.223 e. The van der Waals surface area contributed by atoms with Crippen LogP contribution in [0.15, 0.2) is 12.3 Å². The monoisotopic (exact) mass is 420 g/mol. The van der Waals surface area contributed by atoms with Gasteiger partial charge in [0.05, 0.1) is 12.4 Å². The Balaban J connectivity index is 1.54. The Kier molecular flexibility index (Phi) is 5.58. The van der Waals surface area contributed by atoms with Crippen molar-refractivity contribution in [2.75, 3.05) is 42.7 Å². The molecule has 158 valence electrons. The molecule has 0 radical (unpaired) electrons. The summed E-state index contributed by atoms with van der Waals surface area (Å²) in [5, 5.41) is 14.1. The predicted octanol–water partition coefficient (Wildman–Crippen LogP) is 1.13. The number of nitrogens with one attached hydrogen (secondary N) is 1. The minimum Gasteiger partial charge on any atom is -0.393 e. The van der Waals surface area contributed by atoms with Gasteiger partial charge in [-0.1, -0.05) is 0 Å². The molecule has 4 heterocycles. The normalized spacial score (nSPS) is 20.3. The van der Waals surface area contributed by atoms with E-state index in [4.69, 9.17) is 9.97 Å². The van der Waals surface area contributed by atoms with E-state index < -0.39 is 10.0 Å². The average molecular weight is 421 g/mol. The van der Waals surface area contributed by atoms with Crippen molar-refractivity contribution in [1.29, 1.82) is 0 Å². The molecule has 2 fully saturated rings. The van der Waals surface area contributed by atoms with Crippen LogP contribution in [0.3, 0.4) is 0 Å². The number of piperidine rings is 2. The number of aromatic nitrogens is 3. The Hall–Kier alpha value is -2.04. The summed E-state index contributed by atoms with van der Waals surface area (Å²) in [6.07, 6.45) is 5.72. The molecule has 2 aromatic heterocycles. The van der Waals surface area contributed by atoms with Crippen LogP contribution >= 0.6 is 0 Å². The molecule has 0 saturated carbocycles. The van der Waals surface area contributed by atoms with Crippen LogP contribution in [0.1, 0.15) is 31.4 Å². The van der Waals surface area contributed by atoms with Gasteiger partial charge in [0.15, 0.2) is 5.82 Å². The third kappa shape index (κ3) is 4.59. The zero-order valence-corrected chi connectivity index (χ0v) is 17.7. The van der Waals surface area contributed by atoms with Crippen LogP contribution in [0.4, 0.5) is 11.8 Å². The lowest BCUT2D eigenvalue weighted by Gasteiger charge is -2.31. The van der Waals surface area contributed by atoms with Crippen LogP contribution in [0.2, 0.25) is 0 Å². The highest BCUT2D eigenvalue weighted by Crippen LogP contribution is 2.27. The van der Waals surface area contributed by atoms with Crippen LogP contribution in [-0.2, 0) is 10.0 Å². The number of sulfonamides is 1. The molecule has 0 atom stereocenters. The molecule has 4 rings (SSSR count). The molecule has 29 heavy (non-hydrogen) atoms. The van der Waals surface area contributed by atoms with Gasteiger partial charge in [0.2, 0.25) is 16.0 Å². The maximum absolute atomic E-state index is 11.7. The number of aliphatic hydroxyl groups is 1. The number of rotatable bonds is 4. The first-order chi connectivity index (χ1) is 13.8. The highest BCUT2D eigenvalue weighted by molar-refractivity contribution is 7.88. The highest BCUT2D eigenvalue weighted by Gasteiger charge is 2.26. The van der Waals surface area contributed by atoms with Crippen molar-refractivity contribution in [2.45, 2.75) is 44.8 Å². The van der Waals surface area contributed by atoms with Gasteiger partial charge in [-0.05, 0) is 38.7 Å². The molecule has 2 aliphatic rings. The Morgan fingerprint density at radius 2 is 1.79 bits per heavy atom. The van der Waals surface area contributed by atoms with Gasteiger partial charge >= 0.3 is 0 Å². The first-order valence-corrected chi connectivity index (χ1v) is 11.9. The predicted molar refractivity (Wildman–Crippen MR) is 113 cm³/mol. The Bertz CT molecular complexity index is 983. The number of fused-ring (bicyclic) bond motifs is 1. The second-order valence-electron chi connectivity index (χ2n) is 8.02. The molecule has 2 aliphatic heterocycles. The summed E-state index contributed by atoms with van der Waals surface area (Å²) in [5.41, 5.74) is 1.72. The third-order valence-corrected chi connectivity index (χ3v) is 7.00. The van der Waals surface area contributed by atoms with Gasteiger partial charge in [-0.3, -0.25) is 0 Å². The van der Waals surface area contributed by atoms with Crippen LogP contribution in [0.5, 0.6) is 0 Å². The first kappa shape index (κ1) is 20.2. The van der Waals surface area contributed by atoms with Gasteiger partial charge in [0.1, 0.15) is 5.52 Å². The van der Waals surface area contributed by atoms with Gasteiger partial charge in [0, 0.05) is 49.5 Å². The van der Waals surface area contributed by atoms with E-state index >= 15 is 0 Å². The number of hydrogen-bond donors (Lipinski definition) is 2. The highest BCUT2D eigenvalue weighted by atomic mass is 32.2. The van der Waals surface area contributed by atoms with Crippen molar-refractivity contribution >= 4 is 32.7 Å². The maximum atomic E-state index is 11.7. The second kappa shape index (κ2) is 8.00. The lowest BCUT2D eigenvalue weighted by atomic mass is 10.1. The topological polar surface area (TPSA) is 112 Å². The molecule has 0 aromatic carbocycles. The molecule has 0 unspecified atom stereocenters. The van der Waals surface area contributed by atoms with E-state index in [1.807, 2.05) is 19.2 Å². The molecular weight excluding hydrogens is 392 g/mol. The summed E-state index contributed by atoms with van der Waals surface area (Å²) in [7, 11) is -3.13. The molecule has 10 heteroatoms. The van der Waals surface area contributed by atoms with Gasteiger partial charge in [-0.15, -0.1) is 0 Å². The van der Waals surface area contributed by atoms with Crippen LogP contribution in [0, 0.1) is 6.92 Å². The van der Waals surface area contributed by atoms with Crippen molar-refractivity contribution in [3.05, 3.63) is 18.0 Å². The molecule has 2 aromatic rings. The Morgan fingerprint density at radius 1 is 1.10 bits per heavy atom. The molecule has 0 bridgehead atoms. The van der Waals surface area contributed by atoms with Gasteiger partial charge in [0.25, 0.3) is 0 Å². The van der Waals surface area contributed by atoms with Crippen LogP contribution in [-0.4, -0.2) is 77.4 Å². The standard InChI is InChI=1S/C19H28N6O3S/c1-13-11-14-12-20-19(22-15-3-9-25(10-4-15)29(2,27)28)23-17(14)18(21-13)24-7-5-16(26)6-8-24/h11-12,15-16,26H,3-10H2,1-2H3,(H,20,22,23). The molecular formula is C19H28N6O3S. The zero-order chi connectivity index (χ0) is 20.6. The summed E-state index contributed by atoms with van der Waals surface area (Å²) >= 11 is 0. The van der Waals surface area contributed by atoms with Crippen LogP contribution in [0.25, 0.3) is 10.9 Å². The van der Waals surface area contributed by atoms with E-state index in [1.165, 1.54) is 10.6 Å². The molecule has 0 aliphatic carbocycles. The van der Waals surface area contributed by atoms with Crippen molar-refractivity contribution in [2.24, 2.45) is 0 Å². The van der Waals surface area contributed by atoms with E-state index in [0.717, 1.165) is 61.2 Å². The van der Waals surface area contributed by atoms with E-state index in [2.05, 4.69) is 15.2 Å². The van der Waals surface area contributed by atoms with Crippen molar-refractivity contribution in [3.63, 3.8) is 0 Å². The number of aryl methyl sites for hydroxylation is 1.